The number of hydrogen-bond donors (Lipinski definition) is 1. The highest BCUT2D eigenvalue weighted by Gasteiger charge is 2.23. The number of carbonyl (C=O) groups is 2. The number of carbonyl (C=O) groups excluding carboxylic acids is 2. The molecule has 0 aliphatic carbocycles. The van der Waals surface area contributed by atoms with Crippen molar-refractivity contribution < 1.29 is 9.59 Å². The number of anilines is 1. The molecule has 0 radical (unpaired) electrons. The van der Waals surface area contributed by atoms with Gasteiger partial charge in [0.25, 0.3) is 5.91 Å². The zero-order chi connectivity index (χ0) is 25.8. The van der Waals surface area contributed by atoms with Gasteiger partial charge in [0, 0.05) is 28.6 Å². The van der Waals surface area contributed by atoms with Crippen molar-refractivity contribution in [3.63, 3.8) is 0 Å². The van der Waals surface area contributed by atoms with Crippen molar-refractivity contribution in [2.75, 3.05) is 18.4 Å². The molecule has 0 fully saturated rings. The van der Waals surface area contributed by atoms with E-state index in [0.29, 0.717) is 28.9 Å². The maximum Gasteiger partial charge on any atom is 0.254 e. The second-order valence-corrected chi connectivity index (χ2v) is 10.8. The summed E-state index contributed by atoms with van der Waals surface area (Å²) in [4.78, 5) is 28.0. The lowest BCUT2D eigenvalue weighted by atomic mass is 9.92. The highest BCUT2D eigenvalue weighted by atomic mass is 35.5. The first-order valence-electron chi connectivity index (χ1n) is 12.0. The van der Waals surface area contributed by atoms with Crippen molar-refractivity contribution in [1.29, 1.82) is 0 Å². The summed E-state index contributed by atoms with van der Waals surface area (Å²) in [7, 11) is 0. The van der Waals surface area contributed by atoms with E-state index in [2.05, 4.69) is 39.9 Å². The predicted molar refractivity (Wildman–Crippen MR) is 142 cm³/mol. The first-order chi connectivity index (χ1) is 16.4. The SMILES string of the molecule is Cc1ccc(C(=O)N(CCC(C)C)CC(=O)Nc2cc(C(C)(C)C)nn2-c2ccc(Cl)cc2)cc1. The lowest BCUT2D eigenvalue weighted by Crippen LogP contribution is -2.39. The molecule has 0 aliphatic rings. The summed E-state index contributed by atoms with van der Waals surface area (Å²) in [6.07, 6.45) is 0.807. The Balaban J connectivity index is 1.85. The summed E-state index contributed by atoms with van der Waals surface area (Å²) in [6, 6.07) is 16.6. The van der Waals surface area contributed by atoms with Crippen LogP contribution in [0.5, 0.6) is 0 Å². The van der Waals surface area contributed by atoms with Gasteiger partial charge < -0.3 is 10.2 Å². The van der Waals surface area contributed by atoms with Gasteiger partial charge >= 0.3 is 0 Å². The highest BCUT2D eigenvalue weighted by Crippen LogP contribution is 2.27. The first kappa shape index (κ1) is 26.5. The van der Waals surface area contributed by atoms with Gasteiger partial charge in [-0.25, -0.2) is 4.68 Å². The molecule has 0 spiro atoms. The van der Waals surface area contributed by atoms with Gasteiger partial charge in [0.2, 0.25) is 5.91 Å². The van der Waals surface area contributed by atoms with Gasteiger partial charge in [-0.1, -0.05) is 63.9 Å². The monoisotopic (exact) mass is 494 g/mol. The number of halogens is 1. The van der Waals surface area contributed by atoms with E-state index in [-0.39, 0.29) is 23.8 Å². The van der Waals surface area contributed by atoms with Crippen LogP contribution < -0.4 is 5.32 Å². The molecule has 0 atom stereocenters. The third-order valence-corrected chi connectivity index (χ3v) is 5.97. The number of hydrogen-bond acceptors (Lipinski definition) is 3. The Morgan fingerprint density at radius 3 is 2.26 bits per heavy atom. The third kappa shape index (κ3) is 7.18. The Hall–Kier alpha value is -3.12. The third-order valence-electron chi connectivity index (χ3n) is 5.71. The average molecular weight is 495 g/mol. The Morgan fingerprint density at radius 1 is 1.06 bits per heavy atom. The smallest absolute Gasteiger partial charge is 0.254 e. The normalized spacial score (nSPS) is 11.5. The molecule has 186 valence electrons. The fourth-order valence-electron chi connectivity index (χ4n) is 3.52. The number of rotatable bonds is 8. The Kier molecular flexibility index (Phi) is 8.39. The first-order valence-corrected chi connectivity index (χ1v) is 12.3. The molecule has 0 saturated heterocycles. The minimum absolute atomic E-state index is 0.0456. The largest absolute Gasteiger partial charge is 0.329 e. The molecule has 3 aromatic rings. The molecule has 6 nitrogen and oxygen atoms in total. The van der Waals surface area contributed by atoms with E-state index >= 15 is 0 Å². The number of nitrogens with one attached hydrogen (secondary N) is 1. The van der Waals surface area contributed by atoms with Crippen LogP contribution in [0.1, 0.15) is 62.7 Å². The summed E-state index contributed by atoms with van der Waals surface area (Å²) in [5.74, 6) is 0.535. The molecule has 2 aromatic carbocycles. The van der Waals surface area contributed by atoms with E-state index in [9.17, 15) is 9.59 Å². The van der Waals surface area contributed by atoms with Crippen molar-refractivity contribution in [3.05, 3.63) is 76.4 Å². The molecular formula is C28H35ClN4O2. The maximum absolute atomic E-state index is 13.2. The number of aryl methyl sites for hydroxylation is 1. The summed E-state index contributed by atoms with van der Waals surface area (Å²) < 4.78 is 1.70. The van der Waals surface area contributed by atoms with Crippen molar-refractivity contribution in [3.8, 4) is 5.69 Å². The topological polar surface area (TPSA) is 67.2 Å². The van der Waals surface area contributed by atoms with Crippen LogP contribution in [0.25, 0.3) is 5.69 Å². The van der Waals surface area contributed by atoms with Crippen LogP contribution in [-0.4, -0.2) is 39.6 Å². The Labute approximate surface area is 213 Å². The van der Waals surface area contributed by atoms with Crippen LogP contribution in [0.3, 0.4) is 0 Å². The number of benzene rings is 2. The molecule has 0 aliphatic heterocycles. The maximum atomic E-state index is 13.2. The molecule has 0 bridgehead atoms. The second-order valence-electron chi connectivity index (χ2n) is 10.4. The second kappa shape index (κ2) is 11.1. The van der Waals surface area contributed by atoms with Gasteiger partial charge in [-0.3, -0.25) is 9.59 Å². The summed E-state index contributed by atoms with van der Waals surface area (Å²) >= 11 is 6.06. The number of amides is 2. The van der Waals surface area contributed by atoms with Gasteiger partial charge in [0.1, 0.15) is 12.4 Å². The van der Waals surface area contributed by atoms with E-state index < -0.39 is 0 Å². The van der Waals surface area contributed by atoms with Crippen molar-refractivity contribution in [2.24, 2.45) is 5.92 Å². The van der Waals surface area contributed by atoms with E-state index in [1.54, 1.807) is 21.7 Å². The van der Waals surface area contributed by atoms with Crippen LogP contribution in [-0.2, 0) is 10.2 Å². The van der Waals surface area contributed by atoms with Crippen LogP contribution in [0, 0.1) is 12.8 Å². The van der Waals surface area contributed by atoms with E-state index in [1.165, 1.54) is 0 Å². The fourth-order valence-corrected chi connectivity index (χ4v) is 3.64. The van der Waals surface area contributed by atoms with Crippen LogP contribution >= 0.6 is 11.6 Å². The Morgan fingerprint density at radius 2 is 1.69 bits per heavy atom. The van der Waals surface area contributed by atoms with Gasteiger partial charge in [-0.15, -0.1) is 0 Å². The van der Waals surface area contributed by atoms with Gasteiger partial charge in [0.05, 0.1) is 11.4 Å². The van der Waals surface area contributed by atoms with E-state index in [4.69, 9.17) is 16.7 Å². The minimum Gasteiger partial charge on any atom is -0.329 e. The zero-order valence-electron chi connectivity index (χ0n) is 21.4. The van der Waals surface area contributed by atoms with E-state index in [1.807, 2.05) is 49.4 Å². The molecule has 0 saturated carbocycles. The number of aromatic nitrogens is 2. The highest BCUT2D eigenvalue weighted by molar-refractivity contribution is 6.30. The minimum atomic E-state index is -0.273. The van der Waals surface area contributed by atoms with Crippen molar-refractivity contribution in [1.82, 2.24) is 14.7 Å². The van der Waals surface area contributed by atoms with E-state index in [0.717, 1.165) is 23.4 Å². The molecule has 1 N–H and O–H groups in total. The molecule has 2 amide bonds. The molecule has 35 heavy (non-hydrogen) atoms. The average Bonchev–Trinajstić information content (AvgIpc) is 3.21. The van der Waals surface area contributed by atoms with Gasteiger partial charge in [-0.2, -0.15) is 5.10 Å². The standard InChI is InChI=1S/C28H35ClN4O2/c1-19(2)15-16-32(27(35)21-9-7-20(3)8-10-21)18-26(34)30-25-17-24(28(4,5)6)31-33(25)23-13-11-22(29)12-14-23/h7-14,17,19H,15-16,18H2,1-6H3,(H,30,34). The molecule has 1 aromatic heterocycles. The molecule has 1 heterocycles. The molecule has 3 rings (SSSR count). The predicted octanol–water partition coefficient (Wildman–Crippen LogP) is 6.26. The lowest BCUT2D eigenvalue weighted by Gasteiger charge is -2.23. The quantitative estimate of drug-likeness (QED) is 0.402. The summed E-state index contributed by atoms with van der Waals surface area (Å²) in [5, 5.41) is 8.35. The molecule has 7 heteroatoms. The van der Waals surface area contributed by atoms with Crippen molar-refractivity contribution in [2.45, 2.75) is 53.4 Å². The van der Waals surface area contributed by atoms with Crippen LogP contribution in [0.15, 0.2) is 54.6 Å². The van der Waals surface area contributed by atoms with Gasteiger partial charge in [0.15, 0.2) is 0 Å². The van der Waals surface area contributed by atoms with Crippen LogP contribution in [0.4, 0.5) is 5.82 Å². The fraction of sp³-hybridized carbons (Fsp3) is 0.393. The molecular weight excluding hydrogens is 460 g/mol. The molecule has 0 unspecified atom stereocenters. The summed E-state index contributed by atoms with van der Waals surface area (Å²) in [5.41, 5.74) is 3.08. The van der Waals surface area contributed by atoms with Gasteiger partial charge in [-0.05, 0) is 55.7 Å². The van der Waals surface area contributed by atoms with Crippen molar-refractivity contribution >= 4 is 29.2 Å². The number of nitrogens with zero attached hydrogens (tertiary/aromatic N) is 3. The Bertz CT molecular complexity index is 1160. The summed E-state index contributed by atoms with van der Waals surface area (Å²) in [6.45, 7) is 12.9. The van der Waals surface area contributed by atoms with Crippen LogP contribution in [0.2, 0.25) is 5.02 Å². The lowest BCUT2D eigenvalue weighted by molar-refractivity contribution is -0.117. The zero-order valence-corrected chi connectivity index (χ0v) is 22.2.